The smallest absolute Gasteiger partial charge is 0.237 e. The number of amides is 1. The van der Waals surface area contributed by atoms with Gasteiger partial charge in [0.05, 0.1) is 17.4 Å². The number of sulfonamides is 1. The van der Waals surface area contributed by atoms with Gasteiger partial charge in [-0.2, -0.15) is 4.31 Å². The van der Waals surface area contributed by atoms with Crippen molar-refractivity contribution in [3.63, 3.8) is 0 Å². The molecule has 1 aliphatic carbocycles. The predicted molar refractivity (Wildman–Crippen MR) is 104 cm³/mol. The molecule has 9 heteroatoms. The molecule has 1 fully saturated rings. The number of thiazole rings is 1. The number of hydrogen-bond donors (Lipinski definition) is 1. The summed E-state index contributed by atoms with van der Waals surface area (Å²) in [5.41, 5.74) is 0.459. The molecule has 0 spiro atoms. The van der Waals surface area contributed by atoms with Crippen molar-refractivity contribution in [3.8, 4) is 0 Å². The molecule has 0 unspecified atom stereocenters. The first-order valence-corrected chi connectivity index (χ1v) is 12.2. The summed E-state index contributed by atoms with van der Waals surface area (Å²) in [6.07, 6.45) is 5.67. The zero-order valence-electron chi connectivity index (χ0n) is 14.5. The molecule has 2 aliphatic rings. The molecule has 140 valence electrons. The maximum atomic E-state index is 13.1. The second kappa shape index (κ2) is 6.70. The maximum absolute atomic E-state index is 13.1. The summed E-state index contributed by atoms with van der Waals surface area (Å²) in [7, 11) is -3.21. The van der Waals surface area contributed by atoms with Gasteiger partial charge >= 0.3 is 0 Å². The number of anilines is 1. The second-order valence-electron chi connectivity index (χ2n) is 6.96. The fraction of sp³-hybridized carbons (Fsp3) is 0.529. The molecule has 2 aromatic heterocycles. The molecule has 1 N–H and O–H groups in total. The summed E-state index contributed by atoms with van der Waals surface area (Å²) in [4.78, 5) is 19.7. The van der Waals surface area contributed by atoms with E-state index in [0.717, 1.165) is 41.1 Å². The van der Waals surface area contributed by atoms with Gasteiger partial charge in [0.25, 0.3) is 0 Å². The molecule has 26 heavy (non-hydrogen) atoms. The van der Waals surface area contributed by atoms with Crippen molar-refractivity contribution in [1.82, 2.24) is 9.29 Å². The Bertz CT molecular complexity index is 912. The Morgan fingerprint density at radius 1 is 1.35 bits per heavy atom. The van der Waals surface area contributed by atoms with Crippen molar-refractivity contribution in [3.05, 3.63) is 33.0 Å². The Hall–Kier alpha value is -1.29. The molecule has 0 radical (unpaired) electrons. The van der Waals surface area contributed by atoms with Crippen LogP contribution < -0.4 is 5.32 Å². The molecule has 1 amide bonds. The number of aromatic nitrogens is 1. The summed E-state index contributed by atoms with van der Waals surface area (Å²) >= 11 is 3.03. The van der Waals surface area contributed by atoms with Crippen LogP contribution in [0.1, 0.15) is 41.1 Å². The average molecular weight is 412 g/mol. The van der Waals surface area contributed by atoms with Gasteiger partial charge in [0.15, 0.2) is 5.13 Å². The fourth-order valence-corrected chi connectivity index (χ4v) is 6.71. The van der Waals surface area contributed by atoms with E-state index >= 15 is 0 Å². The maximum Gasteiger partial charge on any atom is 0.237 e. The first-order chi connectivity index (χ1) is 12.4. The Morgan fingerprint density at radius 2 is 2.12 bits per heavy atom. The largest absolute Gasteiger partial charge is 0.301 e. The first kappa shape index (κ1) is 18.1. The van der Waals surface area contributed by atoms with Crippen LogP contribution in [-0.2, 0) is 33.2 Å². The van der Waals surface area contributed by atoms with Gasteiger partial charge in [-0.05, 0) is 24.3 Å². The molecule has 3 heterocycles. The van der Waals surface area contributed by atoms with E-state index in [9.17, 15) is 13.2 Å². The Labute approximate surface area is 161 Å². The molecule has 0 bridgehead atoms. The first-order valence-electron chi connectivity index (χ1n) is 8.68. The van der Waals surface area contributed by atoms with Crippen LogP contribution in [0.3, 0.4) is 0 Å². The minimum atomic E-state index is -3.21. The highest BCUT2D eigenvalue weighted by atomic mass is 32.2. The molecule has 0 saturated heterocycles. The van der Waals surface area contributed by atoms with Gasteiger partial charge in [-0.1, -0.05) is 18.9 Å². The van der Waals surface area contributed by atoms with Crippen LogP contribution in [0.15, 0.2) is 17.5 Å². The molecule has 1 saturated carbocycles. The summed E-state index contributed by atoms with van der Waals surface area (Å²) in [6.45, 7) is 0.792. The van der Waals surface area contributed by atoms with E-state index in [4.69, 9.17) is 0 Å². The average Bonchev–Trinajstić information content (AvgIpc) is 3.32. The lowest BCUT2D eigenvalue weighted by molar-refractivity contribution is -0.121. The van der Waals surface area contributed by atoms with Crippen LogP contribution >= 0.6 is 22.7 Å². The molecular formula is C17H21N3O3S3. The zero-order valence-corrected chi connectivity index (χ0v) is 17.0. The van der Waals surface area contributed by atoms with Gasteiger partial charge in [0.1, 0.15) is 0 Å². The fourth-order valence-electron chi connectivity index (χ4n) is 3.84. The number of rotatable bonds is 4. The molecule has 0 aromatic carbocycles. The third kappa shape index (κ3) is 3.21. The molecule has 2 aromatic rings. The topological polar surface area (TPSA) is 79.4 Å². The Morgan fingerprint density at radius 3 is 2.77 bits per heavy atom. The van der Waals surface area contributed by atoms with Gasteiger partial charge < -0.3 is 5.32 Å². The van der Waals surface area contributed by atoms with Crippen LogP contribution in [0.5, 0.6) is 0 Å². The van der Waals surface area contributed by atoms with Crippen molar-refractivity contribution in [1.29, 1.82) is 0 Å². The van der Waals surface area contributed by atoms with E-state index in [1.165, 1.54) is 21.9 Å². The number of hydrogen-bond acceptors (Lipinski definition) is 6. The van der Waals surface area contributed by atoms with Crippen LogP contribution in [0.4, 0.5) is 5.13 Å². The number of nitrogens with one attached hydrogen (secondary N) is 1. The van der Waals surface area contributed by atoms with Crippen LogP contribution in [0.2, 0.25) is 0 Å². The quantitative estimate of drug-likeness (QED) is 0.839. The number of carbonyl (C=O) groups is 1. The SMILES string of the molecule is CS(=O)(=O)N1CCc2nc(NC(=O)C3(c4cccs4)CCCC3)sc2C1. The van der Waals surface area contributed by atoms with Gasteiger partial charge in [-0.3, -0.25) is 4.79 Å². The summed E-state index contributed by atoms with van der Waals surface area (Å²) in [6, 6.07) is 4.04. The van der Waals surface area contributed by atoms with Crippen molar-refractivity contribution in [2.75, 3.05) is 18.1 Å². The highest BCUT2D eigenvalue weighted by Gasteiger charge is 2.44. The van der Waals surface area contributed by atoms with Crippen molar-refractivity contribution in [2.45, 2.75) is 44.1 Å². The zero-order chi connectivity index (χ0) is 18.4. The number of carbonyl (C=O) groups excluding carboxylic acids is 1. The number of fused-ring (bicyclic) bond motifs is 1. The third-order valence-corrected chi connectivity index (χ3v) is 8.59. The predicted octanol–water partition coefficient (Wildman–Crippen LogP) is 2.97. The normalized spacial score (nSPS) is 20.0. The minimum Gasteiger partial charge on any atom is -0.301 e. The van der Waals surface area contributed by atoms with Gasteiger partial charge in [0.2, 0.25) is 15.9 Å². The lowest BCUT2D eigenvalue weighted by Crippen LogP contribution is -2.37. The highest BCUT2D eigenvalue weighted by Crippen LogP contribution is 2.44. The van der Waals surface area contributed by atoms with E-state index in [0.29, 0.717) is 24.6 Å². The van der Waals surface area contributed by atoms with Gasteiger partial charge in [-0.15, -0.1) is 22.7 Å². The summed E-state index contributed by atoms with van der Waals surface area (Å²) in [5, 5.41) is 5.63. The minimum absolute atomic E-state index is 0.0171. The van der Waals surface area contributed by atoms with E-state index in [1.54, 1.807) is 11.3 Å². The van der Waals surface area contributed by atoms with E-state index in [2.05, 4.69) is 10.3 Å². The Balaban J connectivity index is 1.55. The molecule has 1 aliphatic heterocycles. The molecular weight excluding hydrogens is 390 g/mol. The highest BCUT2D eigenvalue weighted by molar-refractivity contribution is 7.88. The van der Waals surface area contributed by atoms with E-state index in [-0.39, 0.29) is 5.91 Å². The molecule has 6 nitrogen and oxygen atoms in total. The molecule has 4 rings (SSSR count). The Kier molecular flexibility index (Phi) is 4.66. The van der Waals surface area contributed by atoms with Crippen LogP contribution in [0, 0.1) is 0 Å². The van der Waals surface area contributed by atoms with Crippen LogP contribution in [-0.4, -0.2) is 36.4 Å². The van der Waals surface area contributed by atoms with E-state index in [1.807, 2.05) is 17.5 Å². The summed E-state index contributed by atoms with van der Waals surface area (Å²) < 4.78 is 25.0. The van der Waals surface area contributed by atoms with Crippen LogP contribution in [0.25, 0.3) is 0 Å². The number of thiophene rings is 1. The summed E-state index contributed by atoms with van der Waals surface area (Å²) in [5.74, 6) is 0.0171. The lowest BCUT2D eigenvalue weighted by Gasteiger charge is -2.25. The van der Waals surface area contributed by atoms with Crippen molar-refractivity contribution < 1.29 is 13.2 Å². The standard InChI is InChI=1S/C17H21N3O3S3/c1-26(22,23)20-9-6-12-13(11-20)25-16(18-12)19-15(21)17(7-2-3-8-17)14-5-4-10-24-14/h4-5,10H,2-3,6-9,11H2,1H3,(H,18,19,21). The molecule has 0 atom stereocenters. The lowest BCUT2D eigenvalue weighted by atomic mass is 9.83. The van der Waals surface area contributed by atoms with Crippen molar-refractivity contribution >= 4 is 43.7 Å². The van der Waals surface area contributed by atoms with Gasteiger partial charge in [0, 0.05) is 29.3 Å². The number of nitrogens with zero attached hydrogens (tertiary/aromatic N) is 2. The van der Waals surface area contributed by atoms with Gasteiger partial charge in [-0.25, -0.2) is 13.4 Å². The third-order valence-electron chi connectivity index (χ3n) is 5.27. The second-order valence-corrected chi connectivity index (χ2v) is 11.0. The van der Waals surface area contributed by atoms with Crippen molar-refractivity contribution in [2.24, 2.45) is 0 Å². The van der Waals surface area contributed by atoms with E-state index < -0.39 is 15.4 Å². The monoisotopic (exact) mass is 411 g/mol.